The van der Waals surface area contributed by atoms with Gasteiger partial charge in [-0.05, 0) is 54.1 Å². The minimum atomic E-state index is -0.388. The number of para-hydroxylation sites is 4. The molecule has 244 valence electrons. The Labute approximate surface area is 281 Å². The molecule has 0 aliphatic heterocycles. The van der Waals surface area contributed by atoms with Crippen LogP contribution in [-0.2, 0) is 6.54 Å². The first-order valence-electron chi connectivity index (χ1n) is 15.7. The Bertz CT molecular complexity index is 1610. The number of nitrogens with one attached hydrogen (secondary N) is 4. The molecule has 0 fully saturated rings. The van der Waals surface area contributed by atoms with Crippen LogP contribution in [0.4, 0.5) is 37.1 Å². The summed E-state index contributed by atoms with van der Waals surface area (Å²) in [5, 5.41) is 10.3. The number of benzene rings is 5. The van der Waals surface area contributed by atoms with Crippen LogP contribution in [0.3, 0.4) is 0 Å². The van der Waals surface area contributed by atoms with Gasteiger partial charge in [-0.1, -0.05) is 103 Å². The summed E-state index contributed by atoms with van der Waals surface area (Å²) in [7, 11) is 0. The van der Waals surface area contributed by atoms with Crippen molar-refractivity contribution in [2.75, 3.05) is 47.6 Å². The number of carbonyl (C=O) groups is 3. The predicted octanol–water partition coefficient (Wildman–Crippen LogP) is 7.82. The fourth-order valence-corrected chi connectivity index (χ4v) is 4.87. The van der Waals surface area contributed by atoms with Crippen molar-refractivity contribution in [1.82, 2.24) is 14.8 Å². The molecule has 0 atom stereocenters. The number of hydrazine groups is 1. The Hall–Kier alpha value is -6.29. The van der Waals surface area contributed by atoms with E-state index >= 15 is 0 Å². The van der Waals surface area contributed by atoms with E-state index in [4.69, 9.17) is 0 Å². The van der Waals surface area contributed by atoms with Crippen LogP contribution in [0.1, 0.15) is 5.56 Å². The molecule has 0 spiro atoms. The molecule has 0 aromatic heterocycles. The topological polar surface area (TPSA) is 109 Å². The summed E-state index contributed by atoms with van der Waals surface area (Å²) in [6, 6.07) is 45.6. The molecule has 0 unspecified atom stereocenters. The molecule has 5 aromatic rings. The number of carbonyl (C=O) groups excluding carboxylic acids is 3. The standard InChI is InChI=1S/C38H39N7O3/c46-36(39-32-18-8-2-9-19-32)43(26-27-44(30-31-16-6-1-7-17-31)37(47)40-33-20-10-3-11-21-33)28-29-45(42-35-24-14-5-15-25-35)38(48)41-34-22-12-4-13-23-34/h1-25,42H,26-30H2,(H,39,46)(H,40,47)(H,41,48). The molecule has 0 radical (unpaired) electrons. The van der Waals surface area contributed by atoms with E-state index < -0.39 is 0 Å². The number of hydrogen-bond donors (Lipinski definition) is 4. The summed E-state index contributed by atoms with van der Waals surface area (Å²) in [6.07, 6.45) is 0. The van der Waals surface area contributed by atoms with Crippen molar-refractivity contribution in [3.05, 3.63) is 157 Å². The van der Waals surface area contributed by atoms with Crippen LogP contribution in [0.15, 0.2) is 152 Å². The van der Waals surface area contributed by atoms with Crippen LogP contribution in [0.2, 0.25) is 0 Å². The molecular weight excluding hydrogens is 602 g/mol. The first-order chi connectivity index (χ1) is 23.5. The van der Waals surface area contributed by atoms with Crippen molar-refractivity contribution in [3.63, 3.8) is 0 Å². The average molecular weight is 642 g/mol. The van der Waals surface area contributed by atoms with Crippen LogP contribution in [0.5, 0.6) is 0 Å². The lowest BCUT2D eigenvalue weighted by atomic mass is 10.2. The molecule has 0 bridgehead atoms. The molecule has 0 heterocycles. The maximum Gasteiger partial charge on any atom is 0.340 e. The number of anilines is 4. The lowest BCUT2D eigenvalue weighted by Gasteiger charge is -2.31. The Morgan fingerprint density at radius 1 is 0.396 bits per heavy atom. The Balaban J connectivity index is 1.34. The van der Waals surface area contributed by atoms with Gasteiger partial charge in [0.05, 0.1) is 12.2 Å². The lowest BCUT2D eigenvalue weighted by molar-refractivity contribution is 0.180. The highest BCUT2D eigenvalue weighted by Crippen LogP contribution is 2.14. The fourth-order valence-electron chi connectivity index (χ4n) is 4.87. The van der Waals surface area contributed by atoms with Gasteiger partial charge >= 0.3 is 18.1 Å². The van der Waals surface area contributed by atoms with E-state index in [0.717, 1.165) is 5.56 Å². The normalized spacial score (nSPS) is 10.3. The molecule has 5 aromatic carbocycles. The minimum Gasteiger partial charge on any atom is -0.321 e. The summed E-state index contributed by atoms with van der Waals surface area (Å²) < 4.78 is 0. The predicted molar refractivity (Wildman–Crippen MR) is 192 cm³/mol. The van der Waals surface area contributed by atoms with Crippen molar-refractivity contribution in [1.29, 1.82) is 0 Å². The van der Waals surface area contributed by atoms with Crippen molar-refractivity contribution < 1.29 is 14.4 Å². The SMILES string of the molecule is O=C(Nc1ccccc1)N(CCN(Cc1ccccc1)C(=O)Nc1ccccc1)CCN(Nc1ccccc1)C(=O)Nc1ccccc1. The molecule has 48 heavy (non-hydrogen) atoms. The molecule has 0 aliphatic rings. The van der Waals surface area contributed by atoms with Crippen molar-refractivity contribution in [2.45, 2.75) is 6.54 Å². The quantitative estimate of drug-likeness (QED) is 0.0984. The second kappa shape index (κ2) is 17.4. The maximum absolute atomic E-state index is 13.7. The molecule has 10 nitrogen and oxygen atoms in total. The van der Waals surface area contributed by atoms with Crippen LogP contribution >= 0.6 is 0 Å². The summed E-state index contributed by atoms with van der Waals surface area (Å²) in [4.78, 5) is 44.1. The molecule has 4 N–H and O–H groups in total. The van der Waals surface area contributed by atoms with E-state index in [-0.39, 0.29) is 44.3 Å². The Morgan fingerprint density at radius 3 is 1.23 bits per heavy atom. The van der Waals surface area contributed by atoms with Crippen molar-refractivity contribution >= 4 is 40.8 Å². The minimum absolute atomic E-state index is 0.144. The van der Waals surface area contributed by atoms with Gasteiger partial charge < -0.3 is 25.8 Å². The van der Waals surface area contributed by atoms with Crippen LogP contribution in [0.25, 0.3) is 0 Å². The molecule has 0 saturated heterocycles. The third-order valence-electron chi connectivity index (χ3n) is 7.38. The number of hydrogen-bond acceptors (Lipinski definition) is 4. The molecule has 6 amide bonds. The highest BCUT2D eigenvalue weighted by atomic mass is 16.2. The zero-order chi connectivity index (χ0) is 33.4. The van der Waals surface area contributed by atoms with E-state index in [0.29, 0.717) is 29.3 Å². The third-order valence-corrected chi connectivity index (χ3v) is 7.38. The van der Waals surface area contributed by atoms with E-state index in [9.17, 15) is 14.4 Å². The lowest BCUT2D eigenvalue weighted by Crippen LogP contribution is -2.48. The summed E-state index contributed by atoms with van der Waals surface area (Å²) in [6.45, 7) is 1.09. The summed E-state index contributed by atoms with van der Waals surface area (Å²) in [5.41, 5.74) is 6.79. The van der Waals surface area contributed by atoms with Gasteiger partial charge in [-0.15, -0.1) is 0 Å². The van der Waals surface area contributed by atoms with Gasteiger partial charge in [0.2, 0.25) is 0 Å². The largest absolute Gasteiger partial charge is 0.340 e. The van der Waals surface area contributed by atoms with Crippen LogP contribution in [0, 0.1) is 0 Å². The smallest absolute Gasteiger partial charge is 0.321 e. The Morgan fingerprint density at radius 2 is 0.750 bits per heavy atom. The number of nitrogens with zero attached hydrogens (tertiary/aromatic N) is 3. The third kappa shape index (κ3) is 10.4. The zero-order valence-electron chi connectivity index (χ0n) is 26.5. The highest BCUT2D eigenvalue weighted by molar-refractivity contribution is 5.91. The fraction of sp³-hybridized carbons (Fsp3) is 0.132. The number of urea groups is 3. The first-order valence-corrected chi connectivity index (χ1v) is 15.7. The monoisotopic (exact) mass is 641 g/mol. The molecule has 0 saturated carbocycles. The van der Waals surface area contributed by atoms with E-state index in [1.54, 1.807) is 21.9 Å². The number of rotatable bonds is 13. The van der Waals surface area contributed by atoms with Gasteiger partial charge in [0.25, 0.3) is 0 Å². The number of amides is 6. The van der Waals surface area contributed by atoms with Gasteiger partial charge in [0.1, 0.15) is 0 Å². The molecule has 10 heteroatoms. The second-order valence-corrected chi connectivity index (χ2v) is 10.9. The van der Waals surface area contributed by atoms with Gasteiger partial charge in [-0.25, -0.2) is 19.4 Å². The molecular formula is C38H39N7O3. The summed E-state index contributed by atoms with van der Waals surface area (Å²) >= 11 is 0. The van der Waals surface area contributed by atoms with Gasteiger partial charge in [0.15, 0.2) is 0 Å². The van der Waals surface area contributed by atoms with Gasteiger partial charge in [-0.2, -0.15) is 0 Å². The van der Waals surface area contributed by atoms with E-state index in [1.165, 1.54) is 5.01 Å². The zero-order valence-corrected chi connectivity index (χ0v) is 26.5. The Kier molecular flexibility index (Phi) is 12.0. The van der Waals surface area contributed by atoms with Crippen LogP contribution in [-0.4, -0.2) is 59.1 Å². The van der Waals surface area contributed by atoms with E-state index in [2.05, 4.69) is 21.4 Å². The average Bonchev–Trinajstić information content (AvgIpc) is 3.12. The van der Waals surface area contributed by atoms with Gasteiger partial charge in [0, 0.05) is 43.2 Å². The van der Waals surface area contributed by atoms with Gasteiger partial charge in [-0.3, -0.25) is 5.43 Å². The second-order valence-electron chi connectivity index (χ2n) is 10.9. The van der Waals surface area contributed by atoms with Crippen LogP contribution < -0.4 is 21.4 Å². The molecule has 5 rings (SSSR count). The van der Waals surface area contributed by atoms with Crippen molar-refractivity contribution in [2.24, 2.45) is 0 Å². The summed E-state index contributed by atoms with van der Waals surface area (Å²) in [5.74, 6) is 0. The highest BCUT2D eigenvalue weighted by Gasteiger charge is 2.22. The molecule has 0 aliphatic carbocycles. The first kappa shape index (κ1) is 33.1. The van der Waals surface area contributed by atoms with E-state index in [1.807, 2.05) is 140 Å². The maximum atomic E-state index is 13.7. The van der Waals surface area contributed by atoms with Crippen molar-refractivity contribution in [3.8, 4) is 0 Å².